The first kappa shape index (κ1) is 14.7. The Labute approximate surface area is 118 Å². The van der Waals surface area contributed by atoms with Crippen LogP contribution >= 0.6 is 11.6 Å². The van der Waals surface area contributed by atoms with Crippen LogP contribution in [0, 0.1) is 5.82 Å². The van der Waals surface area contributed by atoms with E-state index in [1.807, 2.05) is 0 Å². The Hall–Kier alpha value is -0.680. The third kappa shape index (κ3) is 2.92. The fourth-order valence-electron chi connectivity index (χ4n) is 2.67. The third-order valence-electron chi connectivity index (χ3n) is 3.58. The highest BCUT2D eigenvalue weighted by atomic mass is 35.5. The molecule has 0 aliphatic carbocycles. The third-order valence-corrected chi connectivity index (χ3v) is 3.91. The van der Waals surface area contributed by atoms with Gasteiger partial charge in [-0.1, -0.05) is 17.7 Å². The molecule has 5 heteroatoms. The molecule has 1 aromatic carbocycles. The van der Waals surface area contributed by atoms with Gasteiger partial charge in [0.2, 0.25) is 0 Å². The molecule has 0 saturated carbocycles. The zero-order valence-corrected chi connectivity index (χ0v) is 12.0. The second kappa shape index (κ2) is 6.18. The maximum Gasteiger partial charge on any atom is 0.129 e. The molecule has 0 radical (unpaired) electrons. The fraction of sp³-hybridized carbons (Fsp3) is 0.571. The Morgan fingerprint density at radius 1 is 1.53 bits per heavy atom. The highest BCUT2D eigenvalue weighted by Gasteiger charge is 2.36. The number of ether oxygens (including phenoxy) is 1. The molecule has 2 atom stereocenters. The standard InChI is InChI=1S/C14H20ClFN2O/c1-9(2)18-6-7-19-12(8-17)14(18)13-10(15)4-3-5-11(13)16/h3-5,9,12,14H,6-8,17H2,1-2H3. The Morgan fingerprint density at radius 2 is 2.26 bits per heavy atom. The summed E-state index contributed by atoms with van der Waals surface area (Å²) in [4.78, 5) is 2.20. The van der Waals surface area contributed by atoms with Crippen molar-refractivity contribution in [2.24, 2.45) is 5.73 Å². The van der Waals surface area contributed by atoms with Crippen molar-refractivity contribution < 1.29 is 9.13 Å². The maximum atomic E-state index is 14.2. The summed E-state index contributed by atoms with van der Waals surface area (Å²) in [7, 11) is 0. The van der Waals surface area contributed by atoms with Gasteiger partial charge in [0.1, 0.15) is 5.82 Å². The largest absolute Gasteiger partial charge is 0.374 e. The quantitative estimate of drug-likeness (QED) is 0.928. The summed E-state index contributed by atoms with van der Waals surface area (Å²) in [5.74, 6) is -0.299. The van der Waals surface area contributed by atoms with E-state index in [1.54, 1.807) is 12.1 Å². The van der Waals surface area contributed by atoms with Gasteiger partial charge in [0.25, 0.3) is 0 Å². The van der Waals surface area contributed by atoms with Gasteiger partial charge in [-0.25, -0.2) is 4.39 Å². The summed E-state index contributed by atoms with van der Waals surface area (Å²) in [6, 6.07) is 4.80. The molecule has 0 spiro atoms. The van der Waals surface area contributed by atoms with Crippen molar-refractivity contribution in [2.75, 3.05) is 19.7 Å². The number of hydrogen-bond donors (Lipinski definition) is 1. The Morgan fingerprint density at radius 3 is 2.84 bits per heavy atom. The van der Waals surface area contributed by atoms with E-state index in [9.17, 15) is 4.39 Å². The summed E-state index contributed by atoms with van der Waals surface area (Å²) in [5, 5.41) is 0.430. The van der Waals surface area contributed by atoms with Gasteiger partial charge in [0, 0.05) is 29.7 Å². The monoisotopic (exact) mass is 286 g/mol. The fourth-order valence-corrected chi connectivity index (χ4v) is 2.95. The van der Waals surface area contributed by atoms with Crippen molar-refractivity contribution >= 4 is 11.6 Å². The van der Waals surface area contributed by atoms with E-state index in [4.69, 9.17) is 22.1 Å². The number of hydrogen-bond acceptors (Lipinski definition) is 3. The molecule has 2 rings (SSSR count). The van der Waals surface area contributed by atoms with E-state index in [0.717, 1.165) is 6.54 Å². The normalized spacial score (nSPS) is 24.9. The predicted octanol–water partition coefficient (Wildman–Crippen LogP) is 2.59. The van der Waals surface area contributed by atoms with Gasteiger partial charge in [-0.05, 0) is 26.0 Å². The molecule has 1 aliphatic heterocycles. The first-order valence-corrected chi connectivity index (χ1v) is 6.95. The Bertz CT molecular complexity index is 421. The second-order valence-corrected chi connectivity index (χ2v) is 5.46. The van der Waals surface area contributed by atoms with Gasteiger partial charge < -0.3 is 10.5 Å². The van der Waals surface area contributed by atoms with Crippen LogP contribution in [0.4, 0.5) is 4.39 Å². The zero-order chi connectivity index (χ0) is 14.0. The molecular formula is C14H20ClFN2O. The molecule has 106 valence electrons. The van der Waals surface area contributed by atoms with Crippen LogP contribution in [0.5, 0.6) is 0 Å². The topological polar surface area (TPSA) is 38.5 Å². The van der Waals surface area contributed by atoms with E-state index in [-0.39, 0.29) is 24.0 Å². The molecule has 0 bridgehead atoms. The molecule has 2 unspecified atom stereocenters. The van der Waals surface area contributed by atoms with Crippen molar-refractivity contribution in [2.45, 2.75) is 32.0 Å². The van der Waals surface area contributed by atoms with E-state index in [0.29, 0.717) is 23.7 Å². The highest BCUT2D eigenvalue weighted by molar-refractivity contribution is 6.31. The summed E-state index contributed by atoms with van der Waals surface area (Å²) in [6.07, 6.45) is -0.231. The Kier molecular flexibility index (Phi) is 4.79. The molecule has 0 aromatic heterocycles. The maximum absolute atomic E-state index is 14.2. The average molecular weight is 287 g/mol. The van der Waals surface area contributed by atoms with Crippen LogP contribution in [0.25, 0.3) is 0 Å². The molecular weight excluding hydrogens is 267 g/mol. The molecule has 1 aromatic rings. The number of nitrogens with two attached hydrogens (primary N) is 1. The number of halogens is 2. The van der Waals surface area contributed by atoms with Crippen molar-refractivity contribution in [3.05, 3.63) is 34.6 Å². The zero-order valence-electron chi connectivity index (χ0n) is 11.3. The average Bonchev–Trinajstić information content (AvgIpc) is 2.38. The highest BCUT2D eigenvalue weighted by Crippen LogP contribution is 2.36. The van der Waals surface area contributed by atoms with Gasteiger partial charge in [0.15, 0.2) is 0 Å². The number of rotatable bonds is 3. The summed E-state index contributed by atoms with van der Waals surface area (Å²) in [5.41, 5.74) is 6.27. The molecule has 19 heavy (non-hydrogen) atoms. The SMILES string of the molecule is CC(C)N1CCOC(CN)C1c1c(F)cccc1Cl. The molecule has 0 amide bonds. The van der Waals surface area contributed by atoms with Crippen molar-refractivity contribution in [1.29, 1.82) is 0 Å². The van der Waals surface area contributed by atoms with Crippen LogP contribution in [0.1, 0.15) is 25.5 Å². The number of morpholine rings is 1. The first-order chi connectivity index (χ1) is 9.06. The van der Waals surface area contributed by atoms with E-state index in [1.165, 1.54) is 6.07 Å². The van der Waals surface area contributed by atoms with Crippen molar-refractivity contribution in [3.63, 3.8) is 0 Å². The lowest BCUT2D eigenvalue weighted by atomic mass is 9.96. The van der Waals surface area contributed by atoms with Gasteiger partial charge >= 0.3 is 0 Å². The van der Waals surface area contributed by atoms with Crippen LogP contribution < -0.4 is 5.73 Å². The van der Waals surface area contributed by atoms with E-state index in [2.05, 4.69) is 18.7 Å². The molecule has 3 nitrogen and oxygen atoms in total. The van der Waals surface area contributed by atoms with Crippen molar-refractivity contribution in [1.82, 2.24) is 4.90 Å². The van der Waals surface area contributed by atoms with Crippen LogP contribution in [-0.2, 0) is 4.74 Å². The minimum Gasteiger partial charge on any atom is -0.374 e. The van der Waals surface area contributed by atoms with Crippen molar-refractivity contribution in [3.8, 4) is 0 Å². The molecule has 1 heterocycles. The van der Waals surface area contributed by atoms with Crippen LogP contribution in [0.15, 0.2) is 18.2 Å². The van der Waals surface area contributed by atoms with Gasteiger partial charge in [-0.2, -0.15) is 0 Å². The first-order valence-electron chi connectivity index (χ1n) is 6.57. The minimum atomic E-state index is -0.299. The predicted molar refractivity (Wildman–Crippen MR) is 74.8 cm³/mol. The molecule has 1 saturated heterocycles. The molecule has 2 N–H and O–H groups in total. The summed E-state index contributed by atoms with van der Waals surface area (Å²) < 4.78 is 19.9. The second-order valence-electron chi connectivity index (χ2n) is 5.06. The van der Waals surface area contributed by atoms with E-state index >= 15 is 0 Å². The van der Waals surface area contributed by atoms with Gasteiger partial charge in [-0.15, -0.1) is 0 Å². The summed E-state index contributed by atoms with van der Waals surface area (Å²) >= 11 is 6.19. The molecule has 1 fully saturated rings. The molecule has 1 aliphatic rings. The van der Waals surface area contributed by atoms with Crippen LogP contribution in [0.2, 0.25) is 5.02 Å². The Balaban J connectivity index is 2.45. The lowest BCUT2D eigenvalue weighted by Crippen LogP contribution is -2.51. The minimum absolute atomic E-state index is 0.229. The van der Waals surface area contributed by atoms with Crippen LogP contribution in [0.3, 0.4) is 0 Å². The van der Waals surface area contributed by atoms with Gasteiger partial charge in [0.05, 0.1) is 18.8 Å². The number of benzene rings is 1. The number of nitrogens with zero attached hydrogens (tertiary/aromatic N) is 1. The lowest BCUT2D eigenvalue weighted by Gasteiger charge is -2.43. The summed E-state index contributed by atoms with van der Waals surface area (Å²) in [6.45, 7) is 5.88. The van der Waals surface area contributed by atoms with E-state index < -0.39 is 0 Å². The van der Waals surface area contributed by atoms with Gasteiger partial charge in [-0.3, -0.25) is 4.90 Å². The van der Waals surface area contributed by atoms with Crippen LogP contribution in [-0.4, -0.2) is 36.7 Å². The smallest absolute Gasteiger partial charge is 0.129 e. The lowest BCUT2D eigenvalue weighted by molar-refractivity contribution is -0.0798.